The van der Waals surface area contributed by atoms with Gasteiger partial charge in [-0.1, -0.05) is 45.0 Å². The Kier molecular flexibility index (Phi) is 5.19. The third kappa shape index (κ3) is 4.29. The zero-order valence-electron chi connectivity index (χ0n) is 15.0. The van der Waals surface area contributed by atoms with Gasteiger partial charge in [-0.15, -0.1) is 0 Å². The fourth-order valence-electron chi connectivity index (χ4n) is 2.32. The van der Waals surface area contributed by atoms with Gasteiger partial charge in [0.25, 0.3) is 5.56 Å². The third-order valence-corrected chi connectivity index (χ3v) is 3.59. The van der Waals surface area contributed by atoms with Crippen molar-refractivity contribution in [2.45, 2.75) is 32.9 Å². The molecule has 0 fully saturated rings. The molecule has 0 aliphatic rings. The summed E-state index contributed by atoms with van der Waals surface area (Å²) < 4.78 is 1.68. The molecule has 0 atom stereocenters. The summed E-state index contributed by atoms with van der Waals surface area (Å²) in [6.07, 6.45) is 0. The summed E-state index contributed by atoms with van der Waals surface area (Å²) >= 11 is 0. The molecule has 1 aromatic heterocycles. The fourth-order valence-corrected chi connectivity index (χ4v) is 2.32. The normalized spacial score (nSPS) is 12.7. The molecule has 24 heavy (non-hydrogen) atoms. The van der Waals surface area contributed by atoms with Crippen molar-refractivity contribution in [2.75, 3.05) is 14.1 Å². The van der Waals surface area contributed by atoms with E-state index < -0.39 is 0 Å². The lowest BCUT2D eigenvalue weighted by molar-refractivity contribution is 0.308. The maximum absolute atomic E-state index is 11.6. The van der Waals surface area contributed by atoms with Crippen LogP contribution in [0, 0.1) is 0 Å². The minimum atomic E-state index is -0.193. The van der Waals surface area contributed by atoms with E-state index in [9.17, 15) is 4.79 Å². The first-order valence-corrected chi connectivity index (χ1v) is 7.81. The zero-order chi connectivity index (χ0) is 17.9. The van der Waals surface area contributed by atoms with E-state index in [1.54, 1.807) is 4.68 Å². The summed E-state index contributed by atoms with van der Waals surface area (Å²) in [6, 6.07) is 9.56. The molecule has 1 N–H and O–H groups in total. The second-order valence-corrected chi connectivity index (χ2v) is 7.05. The van der Waals surface area contributed by atoms with Gasteiger partial charge in [-0.2, -0.15) is 0 Å². The van der Waals surface area contributed by atoms with Crippen LogP contribution >= 0.6 is 0 Å². The number of hydrogen-bond acceptors (Lipinski definition) is 3. The summed E-state index contributed by atoms with van der Waals surface area (Å²) in [5, 5.41) is 2.74. The highest BCUT2D eigenvalue weighted by atomic mass is 16.1. The predicted molar refractivity (Wildman–Crippen MR) is 99.6 cm³/mol. The largest absolute Gasteiger partial charge is 0.291 e. The van der Waals surface area contributed by atoms with Gasteiger partial charge in [0.05, 0.1) is 6.67 Å². The summed E-state index contributed by atoms with van der Waals surface area (Å²) in [4.78, 5) is 22.1. The molecule has 0 spiro atoms. The van der Waals surface area contributed by atoms with Crippen LogP contribution in [0.4, 0.5) is 5.82 Å². The Morgan fingerprint density at radius 3 is 2.38 bits per heavy atom. The van der Waals surface area contributed by atoms with Crippen LogP contribution in [0.2, 0.25) is 0 Å². The summed E-state index contributed by atoms with van der Waals surface area (Å²) in [7, 11) is 3.84. The average Bonchev–Trinajstić information content (AvgIpc) is 2.82. The van der Waals surface area contributed by atoms with Gasteiger partial charge in [0.15, 0.2) is 11.7 Å². The van der Waals surface area contributed by atoms with Crippen LogP contribution in [-0.2, 0) is 12.1 Å². The van der Waals surface area contributed by atoms with Crippen LogP contribution in [0.15, 0.2) is 45.1 Å². The SMILES string of the molecule is C=N/C(=N\c1cc(=O)[nH]n1CN(C)C)c1ccc(C(C)(C)C)cc1. The van der Waals surface area contributed by atoms with Gasteiger partial charge in [-0.05, 0) is 31.8 Å². The van der Waals surface area contributed by atoms with Crippen LogP contribution in [-0.4, -0.2) is 41.3 Å². The van der Waals surface area contributed by atoms with E-state index in [0.29, 0.717) is 18.3 Å². The van der Waals surface area contributed by atoms with Crippen molar-refractivity contribution in [3.63, 3.8) is 0 Å². The molecule has 0 amide bonds. The molecular formula is C18H25N5O. The van der Waals surface area contributed by atoms with Gasteiger partial charge in [0, 0.05) is 11.6 Å². The maximum atomic E-state index is 11.6. The lowest BCUT2D eigenvalue weighted by Gasteiger charge is -2.19. The molecule has 0 aliphatic heterocycles. The zero-order valence-corrected chi connectivity index (χ0v) is 15.0. The van der Waals surface area contributed by atoms with Gasteiger partial charge in [0.1, 0.15) is 0 Å². The van der Waals surface area contributed by atoms with E-state index in [2.05, 4.69) is 54.7 Å². The molecule has 0 radical (unpaired) electrons. The standard InChI is InChI=1S/C18H25N5O/c1-18(2,3)14-9-7-13(8-10-14)17(19-4)20-15-11-16(24)21-23(15)12-22(5)6/h7-11H,4,12H2,1-3,5-6H3,(H,21,24)/b20-17-. The van der Waals surface area contributed by atoms with Crippen molar-refractivity contribution in [1.29, 1.82) is 0 Å². The van der Waals surface area contributed by atoms with E-state index >= 15 is 0 Å². The average molecular weight is 327 g/mol. The van der Waals surface area contributed by atoms with E-state index in [1.807, 2.05) is 31.1 Å². The summed E-state index contributed by atoms with van der Waals surface area (Å²) in [5.41, 5.74) is 2.00. The molecule has 6 heteroatoms. The molecule has 0 aliphatic carbocycles. The number of aliphatic imine (C=N–C) groups is 2. The Balaban J connectivity index is 2.40. The van der Waals surface area contributed by atoms with Gasteiger partial charge >= 0.3 is 0 Å². The highest BCUT2D eigenvalue weighted by Gasteiger charge is 2.14. The molecule has 128 valence electrons. The van der Waals surface area contributed by atoms with Crippen LogP contribution in [0.25, 0.3) is 0 Å². The number of nitrogens with zero attached hydrogens (tertiary/aromatic N) is 4. The number of aromatic amines is 1. The summed E-state index contributed by atoms with van der Waals surface area (Å²) in [5.74, 6) is 1.01. The molecule has 2 aromatic rings. The molecule has 0 unspecified atom stereocenters. The van der Waals surface area contributed by atoms with Crippen molar-refractivity contribution in [3.8, 4) is 0 Å². The van der Waals surface area contributed by atoms with E-state index in [1.165, 1.54) is 11.6 Å². The van der Waals surface area contributed by atoms with E-state index in [4.69, 9.17) is 0 Å². The Morgan fingerprint density at radius 1 is 1.25 bits per heavy atom. The number of benzene rings is 1. The number of amidine groups is 1. The third-order valence-electron chi connectivity index (χ3n) is 3.59. The smallest absolute Gasteiger partial charge is 0.266 e. The first-order chi connectivity index (χ1) is 11.2. The molecule has 0 bridgehead atoms. The van der Waals surface area contributed by atoms with Gasteiger partial charge in [0.2, 0.25) is 0 Å². The van der Waals surface area contributed by atoms with Crippen LogP contribution in [0.5, 0.6) is 0 Å². The molecule has 0 saturated carbocycles. The lowest BCUT2D eigenvalue weighted by Crippen LogP contribution is -2.19. The van der Waals surface area contributed by atoms with Crippen molar-refractivity contribution >= 4 is 18.4 Å². The second kappa shape index (κ2) is 6.97. The number of aromatic nitrogens is 2. The molecule has 1 heterocycles. The van der Waals surface area contributed by atoms with E-state index in [-0.39, 0.29) is 11.0 Å². The number of nitrogens with one attached hydrogen (secondary N) is 1. The monoisotopic (exact) mass is 327 g/mol. The lowest BCUT2D eigenvalue weighted by atomic mass is 9.86. The van der Waals surface area contributed by atoms with Crippen molar-refractivity contribution in [3.05, 3.63) is 51.8 Å². The topological polar surface area (TPSA) is 65.8 Å². The maximum Gasteiger partial charge on any atom is 0.266 e. The van der Waals surface area contributed by atoms with Crippen molar-refractivity contribution < 1.29 is 0 Å². The molecule has 6 nitrogen and oxygen atoms in total. The van der Waals surface area contributed by atoms with Gasteiger partial charge < -0.3 is 0 Å². The quantitative estimate of drug-likeness (QED) is 0.693. The number of rotatable bonds is 4. The molecule has 2 rings (SSSR count). The number of hydrogen-bond donors (Lipinski definition) is 1. The summed E-state index contributed by atoms with van der Waals surface area (Å²) in [6.45, 7) is 10.6. The van der Waals surface area contributed by atoms with Gasteiger partial charge in [-0.25, -0.2) is 9.98 Å². The Labute approximate surface area is 142 Å². The van der Waals surface area contributed by atoms with E-state index in [0.717, 1.165) is 5.56 Å². The highest BCUT2D eigenvalue weighted by molar-refractivity contribution is 6.02. The Morgan fingerprint density at radius 2 is 1.88 bits per heavy atom. The Bertz CT molecular complexity index is 788. The predicted octanol–water partition coefficient (Wildman–Crippen LogP) is 2.77. The molecular weight excluding hydrogens is 302 g/mol. The van der Waals surface area contributed by atoms with Crippen molar-refractivity contribution in [1.82, 2.24) is 14.7 Å². The van der Waals surface area contributed by atoms with Crippen LogP contribution in [0.3, 0.4) is 0 Å². The van der Waals surface area contributed by atoms with Gasteiger partial charge in [-0.3, -0.25) is 19.5 Å². The number of H-pyrrole nitrogens is 1. The Hall–Kier alpha value is -2.47. The second-order valence-electron chi connectivity index (χ2n) is 7.05. The fraction of sp³-hybridized carbons (Fsp3) is 0.389. The van der Waals surface area contributed by atoms with Crippen LogP contribution < -0.4 is 5.56 Å². The van der Waals surface area contributed by atoms with Crippen LogP contribution in [0.1, 0.15) is 31.9 Å². The first kappa shape index (κ1) is 17.9. The highest BCUT2D eigenvalue weighted by Crippen LogP contribution is 2.23. The van der Waals surface area contributed by atoms with Crippen molar-refractivity contribution in [2.24, 2.45) is 9.98 Å². The first-order valence-electron chi connectivity index (χ1n) is 7.81. The minimum absolute atomic E-state index is 0.0876. The minimum Gasteiger partial charge on any atom is -0.291 e. The molecule has 1 aromatic carbocycles. The molecule has 0 saturated heterocycles.